The lowest BCUT2D eigenvalue weighted by Crippen LogP contribution is -2.07. The van der Waals surface area contributed by atoms with Crippen molar-refractivity contribution in [1.29, 1.82) is 21.0 Å². The Kier molecular flexibility index (Phi) is 5.62. The van der Waals surface area contributed by atoms with E-state index in [0.717, 1.165) is 66.1 Å². The number of benzene rings is 4. The highest BCUT2D eigenvalue weighted by molar-refractivity contribution is 6.12. The molecule has 3 aromatic heterocycles. The predicted octanol–water partition coefficient (Wildman–Crippen LogP) is 8.11. The van der Waals surface area contributed by atoms with Gasteiger partial charge in [0.05, 0.1) is 92.4 Å². The zero-order valence-corrected chi connectivity index (χ0v) is 23.7. The molecule has 4 aromatic carbocycles. The summed E-state index contributed by atoms with van der Waals surface area (Å²) >= 11 is 0. The number of fused-ring (bicyclic) bond motifs is 6. The van der Waals surface area contributed by atoms with Crippen LogP contribution in [0.3, 0.4) is 0 Å². The van der Waals surface area contributed by atoms with E-state index in [0.29, 0.717) is 28.7 Å². The lowest BCUT2D eigenvalue weighted by molar-refractivity contribution is 1.07. The highest BCUT2D eigenvalue weighted by Gasteiger charge is 2.24. The Hall–Kier alpha value is -6.93. The second-order valence-corrected chi connectivity index (χ2v) is 10.9. The van der Waals surface area contributed by atoms with Gasteiger partial charge in [-0.05, 0) is 60.5 Å². The molecule has 0 saturated carbocycles. The van der Waals surface area contributed by atoms with Gasteiger partial charge in [0.2, 0.25) is 0 Å². The van der Waals surface area contributed by atoms with E-state index >= 15 is 0 Å². The number of aromatic nitrogens is 3. The summed E-state index contributed by atoms with van der Waals surface area (Å²) in [5, 5.41) is 43.1. The molecule has 0 amide bonds. The lowest BCUT2D eigenvalue weighted by atomic mass is 10.0. The summed E-state index contributed by atoms with van der Waals surface area (Å²) in [6.07, 6.45) is 10.6. The fraction of sp³-hybridized carbons (Fsp3) is 0.0263. The van der Waals surface area contributed by atoms with Gasteiger partial charge in [-0.2, -0.15) is 21.0 Å². The van der Waals surface area contributed by atoms with Crippen LogP contribution in [-0.2, 0) is 0 Å². The van der Waals surface area contributed by atoms with Crippen molar-refractivity contribution in [3.63, 3.8) is 0 Å². The van der Waals surface area contributed by atoms with Gasteiger partial charge in [-0.25, -0.2) is 0 Å². The molecule has 7 aromatic rings. The van der Waals surface area contributed by atoms with Crippen molar-refractivity contribution in [2.75, 3.05) is 0 Å². The zero-order chi connectivity index (χ0) is 30.7. The Bertz CT molecular complexity index is 2360. The van der Waals surface area contributed by atoms with Crippen molar-refractivity contribution < 1.29 is 0 Å². The molecule has 7 nitrogen and oxygen atoms in total. The summed E-state index contributed by atoms with van der Waals surface area (Å²) in [4.78, 5) is 4.78. The Morgan fingerprint density at radius 2 is 0.911 bits per heavy atom. The van der Waals surface area contributed by atoms with Crippen LogP contribution in [0.4, 0.5) is 0 Å². The van der Waals surface area contributed by atoms with Gasteiger partial charge >= 0.3 is 0 Å². The molecule has 7 heteroatoms. The maximum absolute atomic E-state index is 9.82. The van der Waals surface area contributed by atoms with Crippen LogP contribution in [0.25, 0.3) is 60.6 Å². The zero-order valence-electron chi connectivity index (χ0n) is 23.7. The maximum Gasteiger partial charge on any atom is 0.0992 e. The minimum absolute atomic E-state index is 0.523. The van der Waals surface area contributed by atoms with Gasteiger partial charge in [0.1, 0.15) is 0 Å². The third-order valence-corrected chi connectivity index (χ3v) is 8.53. The molecule has 0 saturated heterocycles. The van der Waals surface area contributed by atoms with Crippen LogP contribution < -0.4 is 0 Å². The summed E-state index contributed by atoms with van der Waals surface area (Å²) < 4.78 is 4.18. The van der Waals surface area contributed by atoms with Crippen molar-refractivity contribution in [2.45, 2.75) is 6.42 Å². The van der Waals surface area contributed by atoms with Crippen molar-refractivity contribution in [3.8, 4) is 35.7 Å². The molecule has 0 spiro atoms. The normalized spacial score (nSPS) is 12.3. The molecule has 0 bridgehead atoms. The average Bonchev–Trinajstić information content (AvgIpc) is 3.81. The molecule has 0 aliphatic heterocycles. The Morgan fingerprint density at radius 3 is 1.22 bits per heavy atom. The van der Waals surface area contributed by atoms with Crippen LogP contribution >= 0.6 is 0 Å². The molecule has 1 aliphatic rings. The topological polar surface area (TPSA) is 118 Å². The largest absolute Gasteiger partial charge is 0.307 e. The molecule has 0 atom stereocenters. The maximum atomic E-state index is 9.82. The summed E-state index contributed by atoms with van der Waals surface area (Å²) in [6, 6.07) is 31.6. The molecular formula is C38H19N7. The van der Waals surface area contributed by atoms with Crippen molar-refractivity contribution in [1.82, 2.24) is 14.1 Å². The summed E-state index contributed by atoms with van der Waals surface area (Å²) in [5.41, 5.74) is 8.95. The van der Waals surface area contributed by atoms with Crippen LogP contribution in [0.2, 0.25) is 0 Å². The molecule has 1 aliphatic carbocycles. The smallest absolute Gasteiger partial charge is 0.0992 e. The summed E-state index contributed by atoms with van der Waals surface area (Å²) in [7, 11) is 0. The Morgan fingerprint density at radius 1 is 0.533 bits per heavy atom. The van der Waals surface area contributed by atoms with E-state index in [1.54, 1.807) is 24.3 Å². The number of pyridine rings is 1. The minimum atomic E-state index is 0.523. The lowest BCUT2D eigenvalue weighted by Gasteiger charge is -2.20. The molecule has 206 valence electrons. The second-order valence-electron chi connectivity index (χ2n) is 10.9. The van der Waals surface area contributed by atoms with Gasteiger partial charge in [0.15, 0.2) is 0 Å². The standard InChI is InChI=1S/C38H19N7/c39-17-23-5-9-28-29-10-6-24(18-40)14-33(29)44(32(28)13-23)36-21-43-22-37(38(36)27-3-1-2-4-27)45-34-15-25(19-41)7-11-30(34)31-12-8-26(20-42)16-35(31)45/h1-3,5-16,21-22H,4H2. The molecule has 45 heavy (non-hydrogen) atoms. The van der Waals surface area contributed by atoms with Gasteiger partial charge in [0, 0.05) is 27.1 Å². The molecule has 0 N–H and O–H groups in total. The monoisotopic (exact) mass is 573 g/mol. The van der Waals surface area contributed by atoms with E-state index in [2.05, 4.69) is 45.6 Å². The van der Waals surface area contributed by atoms with Crippen molar-refractivity contribution in [2.24, 2.45) is 0 Å². The summed E-state index contributed by atoms with van der Waals surface area (Å²) in [5.74, 6) is 0. The summed E-state index contributed by atoms with van der Waals surface area (Å²) in [6.45, 7) is 0. The first kappa shape index (κ1) is 25.8. The number of allylic oxidation sites excluding steroid dienone is 4. The molecule has 3 heterocycles. The van der Waals surface area contributed by atoms with Crippen molar-refractivity contribution in [3.05, 3.63) is 131 Å². The molecular weight excluding hydrogens is 554 g/mol. The first-order valence-electron chi connectivity index (χ1n) is 14.2. The third kappa shape index (κ3) is 3.76. The van der Waals surface area contributed by atoms with Crippen molar-refractivity contribution >= 4 is 49.2 Å². The van der Waals surface area contributed by atoms with E-state index in [4.69, 9.17) is 4.98 Å². The van der Waals surface area contributed by atoms with E-state index in [1.165, 1.54) is 0 Å². The van der Waals surface area contributed by atoms with E-state index < -0.39 is 0 Å². The number of nitriles is 4. The Labute approximate surface area is 257 Å². The quantitative estimate of drug-likeness (QED) is 0.212. The van der Waals surface area contributed by atoms with Gasteiger partial charge in [-0.3, -0.25) is 4.98 Å². The molecule has 0 unspecified atom stereocenters. The molecule has 0 radical (unpaired) electrons. The van der Waals surface area contributed by atoms with Crippen LogP contribution in [0, 0.1) is 45.3 Å². The Balaban J connectivity index is 1.56. The average molecular weight is 574 g/mol. The first-order valence-corrected chi connectivity index (χ1v) is 14.2. The minimum Gasteiger partial charge on any atom is -0.307 e. The third-order valence-electron chi connectivity index (χ3n) is 8.53. The van der Waals surface area contributed by atoms with Gasteiger partial charge in [0.25, 0.3) is 0 Å². The van der Waals surface area contributed by atoms with Gasteiger partial charge < -0.3 is 9.13 Å². The fourth-order valence-corrected chi connectivity index (χ4v) is 6.57. The highest BCUT2D eigenvalue weighted by Crippen LogP contribution is 2.42. The number of nitrogens with zero attached hydrogens (tertiary/aromatic N) is 7. The SMILES string of the molecule is N#Cc1ccc2c3ccc(C#N)cc3n(-c3cncc(-n4c5cc(C#N)ccc5c5ccc(C#N)cc54)c3C3=CC=CC3)c2c1. The second kappa shape index (κ2) is 9.82. The predicted molar refractivity (Wildman–Crippen MR) is 174 cm³/mol. The first-order chi connectivity index (χ1) is 22.1. The number of hydrogen-bond acceptors (Lipinski definition) is 5. The van der Waals surface area contributed by atoms with Crippen LogP contribution in [-0.4, -0.2) is 14.1 Å². The fourth-order valence-electron chi connectivity index (χ4n) is 6.57. The van der Waals surface area contributed by atoms with Gasteiger partial charge in [-0.1, -0.05) is 42.5 Å². The number of hydrogen-bond donors (Lipinski definition) is 0. The van der Waals surface area contributed by atoms with E-state index in [1.807, 2.05) is 67.0 Å². The number of rotatable bonds is 3. The van der Waals surface area contributed by atoms with E-state index in [-0.39, 0.29) is 0 Å². The van der Waals surface area contributed by atoms with Gasteiger partial charge in [-0.15, -0.1) is 0 Å². The molecule has 8 rings (SSSR count). The molecule has 0 fully saturated rings. The van der Waals surface area contributed by atoms with E-state index in [9.17, 15) is 21.0 Å². The van der Waals surface area contributed by atoms with Crippen LogP contribution in [0.5, 0.6) is 0 Å². The van der Waals surface area contributed by atoms with Crippen LogP contribution in [0.15, 0.2) is 103 Å². The highest BCUT2D eigenvalue weighted by atomic mass is 15.0. The van der Waals surface area contributed by atoms with Crippen LogP contribution in [0.1, 0.15) is 34.2 Å².